The zero-order valence-electron chi connectivity index (χ0n) is 8.43. The van der Waals surface area contributed by atoms with Crippen molar-refractivity contribution in [3.8, 4) is 0 Å². The summed E-state index contributed by atoms with van der Waals surface area (Å²) in [4.78, 5) is 4.55. The maximum Gasteiger partial charge on any atom is 0.230 e. The lowest BCUT2D eigenvalue weighted by Crippen LogP contribution is -1.92. The zero-order valence-corrected chi connectivity index (χ0v) is 10.1. The van der Waals surface area contributed by atoms with E-state index in [-0.39, 0.29) is 0 Å². The first-order valence-electron chi connectivity index (χ1n) is 5.04. The van der Waals surface area contributed by atoms with Crippen LogP contribution < -0.4 is 0 Å². The molecule has 0 radical (unpaired) electrons. The van der Waals surface area contributed by atoms with E-state index in [1.165, 1.54) is 22.5 Å². The average molecular weight is 247 g/mol. The van der Waals surface area contributed by atoms with Crippen LogP contribution in [0.15, 0.2) is 29.3 Å². The van der Waals surface area contributed by atoms with E-state index >= 15 is 0 Å². The Morgan fingerprint density at radius 3 is 3.00 bits per heavy atom. The van der Waals surface area contributed by atoms with Crippen molar-refractivity contribution in [2.24, 2.45) is 4.99 Å². The van der Waals surface area contributed by atoms with E-state index in [0.29, 0.717) is 3.95 Å². The highest BCUT2D eigenvalue weighted by molar-refractivity contribution is 7.73. The van der Waals surface area contributed by atoms with Gasteiger partial charge in [-0.2, -0.15) is 0 Å². The van der Waals surface area contributed by atoms with E-state index in [2.05, 4.69) is 33.4 Å². The lowest BCUT2D eigenvalue weighted by Gasteiger charge is -1.97. The predicted octanol–water partition coefficient (Wildman–Crippen LogP) is 3.27. The molecule has 0 amide bonds. The van der Waals surface area contributed by atoms with Gasteiger partial charge in [-0.15, -0.1) is 5.10 Å². The van der Waals surface area contributed by atoms with Crippen LogP contribution in [0.25, 0.3) is 0 Å². The molecule has 0 bridgehead atoms. The monoisotopic (exact) mass is 247 g/mol. The first kappa shape index (κ1) is 9.86. The number of hydrogen-bond acceptors (Lipinski definition) is 4. The fourth-order valence-corrected chi connectivity index (χ4v) is 2.68. The minimum Gasteiger partial charge on any atom is -0.256 e. The van der Waals surface area contributed by atoms with Crippen LogP contribution in [-0.4, -0.2) is 15.9 Å². The van der Waals surface area contributed by atoms with Gasteiger partial charge in [-0.3, -0.25) is 5.10 Å². The third kappa shape index (κ3) is 1.72. The predicted molar refractivity (Wildman–Crippen MR) is 68.3 cm³/mol. The number of hydrogen-bond donors (Lipinski definition) is 1. The minimum atomic E-state index is 0.672. The molecule has 16 heavy (non-hydrogen) atoms. The molecule has 0 aliphatic heterocycles. The summed E-state index contributed by atoms with van der Waals surface area (Å²) in [5, 5.41) is 7.52. The highest BCUT2D eigenvalue weighted by Gasteiger charge is 2.16. The van der Waals surface area contributed by atoms with Gasteiger partial charge in [0.2, 0.25) is 5.13 Å². The van der Waals surface area contributed by atoms with Crippen molar-refractivity contribution in [3.05, 3.63) is 39.3 Å². The largest absolute Gasteiger partial charge is 0.256 e. The molecule has 1 aromatic heterocycles. The maximum atomic E-state index is 4.98. The van der Waals surface area contributed by atoms with E-state index < -0.39 is 0 Å². The molecule has 2 aromatic rings. The molecule has 1 aromatic carbocycles. The molecule has 80 valence electrons. The Morgan fingerprint density at radius 1 is 1.31 bits per heavy atom. The number of nitrogens with one attached hydrogen (secondary N) is 1. The molecule has 3 rings (SSSR count). The number of aryl methyl sites for hydroxylation is 1. The van der Waals surface area contributed by atoms with Crippen molar-refractivity contribution in [2.45, 2.75) is 12.8 Å². The molecule has 0 spiro atoms. The van der Waals surface area contributed by atoms with Gasteiger partial charge in [-0.25, -0.2) is 4.99 Å². The van der Waals surface area contributed by atoms with E-state index in [4.69, 9.17) is 12.2 Å². The standard InChI is InChI=1S/C11H9N3S2/c15-11-14-13-10(16-11)12-9-6-5-7-3-1-2-4-8(7)9/h1-4H,5-6H2,(H,14,15). The Hall–Kier alpha value is -1.33. The van der Waals surface area contributed by atoms with Crippen molar-refractivity contribution < 1.29 is 0 Å². The normalized spacial score (nSPS) is 16.6. The summed E-state index contributed by atoms with van der Waals surface area (Å²) in [5.74, 6) is 0. The number of H-pyrrole nitrogens is 1. The Bertz CT molecular complexity index is 609. The summed E-state index contributed by atoms with van der Waals surface area (Å²) >= 11 is 6.39. The summed E-state index contributed by atoms with van der Waals surface area (Å²) in [6.07, 6.45) is 2.07. The van der Waals surface area contributed by atoms with Crippen molar-refractivity contribution in [3.63, 3.8) is 0 Å². The first-order valence-corrected chi connectivity index (χ1v) is 6.27. The average Bonchev–Trinajstić information content (AvgIpc) is 2.87. The van der Waals surface area contributed by atoms with Crippen LogP contribution in [0.4, 0.5) is 5.13 Å². The second-order valence-corrected chi connectivity index (χ2v) is 5.26. The fourth-order valence-electron chi connectivity index (χ4n) is 1.91. The Morgan fingerprint density at radius 2 is 2.19 bits per heavy atom. The molecule has 1 heterocycles. The number of fused-ring (bicyclic) bond motifs is 1. The molecular weight excluding hydrogens is 238 g/mol. The molecule has 5 heteroatoms. The van der Waals surface area contributed by atoms with Gasteiger partial charge in [0.15, 0.2) is 3.95 Å². The van der Waals surface area contributed by atoms with Gasteiger partial charge in [-0.05, 0) is 36.2 Å². The number of aromatic amines is 1. The van der Waals surface area contributed by atoms with Gasteiger partial charge in [0.1, 0.15) is 0 Å². The topological polar surface area (TPSA) is 41.0 Å². The fraction of sp³-hybridized carbons (Fsp3) is 0.182. The van der Waals surface area contributed by atoms with Gasteiger partial charge in [0.25, 0.3) is 0 Å². The van der Waals surface area contributed by atoms with Gasteiger partial charge < -0.3 is 0 Å². The molecule has 3 nitrogen and oxygen atoms in total. The molecule has 1 N–H and O–H groups in total. The molecule has 1 aliphatic rings. The number of aromatic nitrogens is 2. The van der Waals surface area contributed by atoms with Crippen LogP contribution >= 0.6 is 23.6 Å². The molecule has 0 unspecified atom stereocenters. The molecule has 0 saturated heterocycles. The minimum absolute atomic E-state index is 0.672. The van der Waals surface area contributed by atoms with Crippen LogP contribution in [-0.2, 0) is 6.42 Å². The first-order chi connectivity index (χ1) is 7.83. The quantitative estimate of drug-likeness (QED) is 0.786. The second kappa shape index (κ2) is 3.92. The summed E-state index contributed by atoms with van der Waals surface area (Å²) in [6, 6.07) is 8.39. The Balaban J connectivity index is 2.04. The molecule has 0 atom stereocenters. The smallest absolute Gasteiger partial charge is 0.230 e. The van der Waals surface area contributed by atoms with Crippen molar-refractivity contribution in [1.82, 2.24) is 10.2 Å². The summed E-state index contributed by atoms with van der Waals surface area (Å²) in [7, 11) is 0. The van der Waals surface area contributed by atoms with E-state index in [1.807, 2.05) is 6.07 Å². The highest BCUT2D eigenvalue weighted by atomic mass is 32.1. The van der Waals surface area contributed by atoms with Gasteiger partial charge >= 0.3 is 0 Å². The molecule has 1 aliphatic carbocycles. The number of rotatable bonds is 1. The molecular formula is C11H9N3S2. The van der Waals surface area contributed by atoms with Gasteiger partial charge in [-0.1, -0.05) is 35.6 Å². The SMILES string of the molecule is S=c1[nH]nc(N=C2CCc3ccccc32)s1. The van der Waals surface area contributed by atoms with E-state index in [1.54, 1.807) is 0 Å². The van der Waals surface area contributed by atoms with Crippen LogP contribution in [0.3, 0.4) is 0 Å². The van der Waals surface area contributed by atoms with Crippen molar-refractivity contribution in [1.29, 1.82) is 0 Å². The maximum absolute atomic E-state index is 4.98. The number of benzene rings is 1. The van der Waals surface area contributed by atoms with Crippen LogP contribution in [0.5, 0.6) is 0 Å². The highest BCUT2D eigenvalue weighted by Crippen LogP contribution is 2.25. The lowest BCUT2D eigenvalue weighted by molar-refractivity contribution is 1.06. The Kier molecular flexibility index (Phi) is 2.41. The summed E-state index contributed by atoms with van der Waals surface area (Å²) in [6.45, 7) is 0. The lowest BCUT2D eigenvalue weighted by atomic mass is 10.1. The van der Waals surface area contributed by atoms with Crippen LogP contribution in [0.1, 0.15) is 17.5 Å². The van der Waals surface area contributed by atoms with Crippen molar-refractivity contribution >= 4 is 34.4 Å². The van der Waals surface area contributed by atoms with Crippen LogP contribution in [0.2, 0.25) is 0 Å². The molecule has 0 fully saturated rings. The van der Waals surface area contributed by atoms with Crippen molar-refractivity contribution in [2.75, 3.05) is 0 Å². The third-order valence-corrected chi connectivity index (χ3v) is 3.60. The number of nitrogens with zero attached hydrogens (tertiary/aromatic N) is 2. The van der Waals surface area contributed by atoms with Crippen LogP contribution in [0, 0.1) is 3.95 Å². The van der Waals surface area contributed by atoms with Gasteiger partial charge in [0, 0.05) is 0 Å². The Labute approximate surface area is 102 Å². The van der Waals surface area contributed by atoms with E-state index in [0.717, 1.165) is 23.7 Å². The summed E-state index contributed by atoms with van der Waals surface area (Å²) < 4.78 is 0.672. The summed E-state index contributed by atoms with van der Waals surface area (Å²) in [5.41, 5.74) is 3.75. The van der Waals surface area contributed by atoms with Gasteiger partial charge in [0.05, 0.1) is 5.71 Å². The van der Waals surface area contributed by atoms with E-state index in [9.17, 15) is 0 Å². The zero-order chi connectivity index (χ0) is 11.0. The third-order valence-electron chi connectivity index (χ3n) is 2.62. The number of aliphatic imine (C=N–C) groups is 1. The second-order valence-electron chi connectivity index (χ2n) is 3.61. The molecule has 0 saturated carbocycles.